The number of hydrogen-bond donors (Lipinski definition) is 0. The third-order valence-corrected chi connectivity index (χ3v) is 16.9. The Hall–Kier alpha value is -11.2. The second kappa shape index (κ2) is 20.0. The van der Waals surface area contributed by atoms with E-state index in [1.54, 1.807) is 13.0 Å². The Balaban J connectivity index is 1.08. The first-order chi connectivity index (χ1) is 42.2. The van der Waals surface area contributed by atoms with Crippen LogP contribution in [0.2, 0.25) is 0 Å². The third kappa shape index (κ3) is 8.22. The van der Waals surface area contributed by atoms with E-state index in [2.05, 4.69) is 208 Å². The number of fused-ring (bicyclic) bond motifs is 9. The molecule has 86 heavy (non-hydrogen) atoms. The number of aromatic nitrogens is 6. The first-order valence-electron chi connectivity index (χ1n) is 28.7. The van der Waals surface area contributed by atoms with Crippen LogP contribution in [-0.4, -0.2) is 28.7 Å². The molecular formula is C77H49F3N6. The van der Waals surface area contributed by atoms with Crippen molar-refractivity contribution >= 4 is 65.4 Å². The minimum atomic E-state index is -4.47. The normalized spacial score (nSPS) is 12.0. The van der Waals surface area contributed by atoms with Gasteiger partial charge in [0.25, 0.3) is 0 Å². The molecular weight excluding hydrogens is 1070 g/mol. The number of aryl methyl sites for hydroxylation is 1. The molecule has 16 aromatic rings. The molecule has 0 aliphatic heterocycles. The maximum atomic E-state index is 14.1. The quantitative estimate of drug-likeness (QED) is 0.145. The molecule has 0 fully saturated rings. The molecule has 16 rings (SSSR count). The summed E-state index contributed by atoms with van der Waals surface area (Å²) in [5.74, 6) is 1.58. The van der Waals surface area contributed by atoms with Crippen molar-refractivity contribution in [3.05, 3.63) is 290 Å². The van der Waals surface area contributed by atoms with Gasteiger partial charge in [0.1, 0.15) is 0 Å². The van der Waals surface area contributed by atoms with Gasteiger partial charge in [-0.3, -0.25) is 0 Å². The van der Waals surface area contributed by atoms with Crippen LogP contribution in [0.3, 0.4) is 0 Å². The Bertz CT molecular complexity index is 5020. The summed E-state index contributed by atoms with van der Waals surface area (Å²) in [4.78, 5) is 16.0. The highest BCUT2D eigenvalue weighted by Gasteiger charge is 2.32. The van der Waals surface area contributed by atoms with E-state index >= 15 is 0 Å². The summed E-state index contributed by atoms with van der Waals surface area (Å²) in [5, 5.41) is 6.49. The van der Waals surface area contributed by atoms with Gasteiger partial charge in [-0.05, 0) is 102 Å². The number of alkyl halides is 3. The lowest BCUT2D eigenvalue weighted by molar-refractivity contribution is -0.137. The van der Waals surface area contributed by atoms with Gasteiger partial charge < -0.3 is 13.7 Å². The van der Waals surface area contributed by atoms with E-state index < -0.39 is 11.7 Å². The topological polar surface area (TPSA) is 53.5 Å². The van der Waals surface area contributed by atoms with Crippen LogP contribution in [0, 0.1) is 6.92 Å². The fourth-order valence-electron chi connectivity index (χ4n) is 13.1. The zero-order chi connectivity index (χ0) is 57.6. The smallest absolute Gasteiger partial charge is 0.309 e. The molecule has 0 unspecified atom stereocenters. The van der Waals surface area contributed by atoms with E-state index in [1.807, 2.05) is 66.7 Å². The van der Waals surface area contributed by atoms with Gasteiger partial charge in [-0.25, -0.2) is 15.0 Å². The Morgan fingerprint density at radius 1 is 0.279 bits per heavy atom. The van der Waals surface area contributed by atoms with E-state index in [-0.39, 0.29) is 0 Å². The standard InChI is InChI=1S/C77H49F3N6/c1-48-44-53(77(78,79)80)41-42-54(48)51-40-43-72-62(45-51)59-30-12-21-39-71(59)86(72)73-63(60-31-13-19-37-69(60)84-65-33-15-8-26-55(65)56-27-9-16-34-66(56)84)46-52(76-82-74(49-22-4-2-5-23-49)81-75(83-76)50-24-6-3-7-25-50)47-64(73)61-32-14-20-38-70(61)85-67-35-17-10-28-57(67)58-29-11-18-36-68(58)85/h2-47H,1H3. The van der Waals surface area contributed by atoms with Gasteiger partial charge in [-0.15, -0.1) is 0 Å². The minimum absolute atomic E-state index is 0.495. The lowest BCUT2D eigenvalue weighted by Gasteiger charge is -2.24. The van der Waals surface area contributed by atoms with E-state index in [0.717, 1.165) is 133 Å². The minimum Gasteiger partial charge on any atom is -0.309 e. The van der Waals surface area contributed by atoms with Crippen LogP contribution in [0.25, 0.3) is 150 Å². The maximum Gasteiger partial charge on any atom is 0.416 e. The summed E-state index contributed by atoms with van der Waals surface area (Å²) in [7, 11) is 0. The van der Waals surface area contributed by atoms with Gasteiger partial charge in [0.15, 0.2) is 17.5 Å². The van der Waals surface area contributed by atoms with Crippen molar-refractivity contribution in [2.24, 2.45) is 0 Å². The van der Waals surface area contributed by atoms with Crippen LogP contribution in [0.15, 0.2) is 279 Å². The maximum absolute atomic E-state index is 14.1. The van der Waals surface area contributed by atoms with Crippen molar-refractivity contribution in [3.63, 3.8) is 0 Å². The van der Waals surface area contributed by atoms with Gasteiger partial charge >= 0.3 is 6.18 Å². The summed E-state index contributed by atoms with van der Waals surface area (Å²) in [6, 6.07) is 95.1. The Kier molecular flexibility index (Phi) is 11.8. The van der Waals surface area contributed by atoms with Crippen molar-refractivity contribution in [1.29, 1.82) is 0 Å². The molecule has 0 spiro atoms. The number of benzene rings is 12. The summed E-state index contributed by atoms with van der Waals surface area (Å²) in [6.45, 7) is 1.75. The highest BCUT2D eigenvalue weighted by molar-refractivity contribution is 6.14. The monoisotopic (exact) mass is 1110 g/mol. The molecule has 12 aromatic carbocycles. The highest BCUT2D eigenvalue weighted by Crippen LogP contribution is 2.49. The Morgan fingerprint density at radius 3 is 1.09 bits per heavy atom. The summed E-state index contributed by atoms with van der Waals surface area (Å²) < 4.78 is 49.5. The molecule has 0 saturated heterocycles. The van der Waals surface area contributed by atoms with Crippen molar-refractivity contribution in [1.82, 2.24) is 28.7 Å². The molecule has 0 aliphatic carbocycles. The van der Waals surface area contributed by atoms with E-state index in [4.69, 9.17) is 15.0 Å². The fraction of sp³-hybridized carbons (Fsp3) is 0.0260. The number of nitrogens with zero attached hydrogens (tertiary/aromatic N) is 6. The Morgan fingerprint density at radius 2 is 0.651 bits per heavy atom. The number of para-hydroxylation sites is 7. The van der Waals surface area contributed by atoms with Gasteiger partial charge in [-0.2, -0.15) is 13.2 Å². The summed E-state index contributed by atoms with van der Waals surface area (Å²) >= 11 is 0. The van der Waals surface area contributed by atoms with Crippen LogP contribution in [-0.2, 0) is 6.18 Å². The SMILES string of the molecule is Cc1cc(C(F)(F)F)ccc1-c1ccc2c(c1)c1ccccc1n2-c1c(-c2ccccc2-n2c3ccccc3c3ccccc32)cc(-c2nc(-c3ccccc3)nc(-c3ccccc3)n2)cc1-c1ccccc1-n1c2ccccc2c2ccccc21. The number of rotatable bonds is 9. The largest absolute Gasteiger partial charge is 0.416 e. The van der Waals surface area contributed by atoms with Crippen LogP contribution >= 0.6 is 0 Å². The fourth-order valence-corrected chi connectivity index (χ4v) is 13.1. The molecule has 0 saturated carbocycles. The van der Waals surface area contributed by atoms with Gasteiger partial charge in [0.2, 0.25) is 0 Å². The van der Waals surface area contributed by atoms with Crippen molar-refractivity contribution in [3.8, 4) is 84.6 Å². The number of hydrogen-bond acceptors (Lipinski definition) is 3. The van der Waals surface area contributed by atoms with Gasteiger partial charge in [0.05, 0.1) is 55.7 Å². The molecule has 6 nitrogen and oxygen atoms in total. The number of halogens is 3. The summed E-state index contributed by atoms with van der Waals surface area (Å²) in [5.41, 5.74) is 16.6. The average molecular weight is 1120 g/mol. The van der Waals surface area contributed by atoms with Gasteiger partial charge in [-0.1, -0.05) is 200 Å². The predicted molar refractivity (Wildman–Crippen MR) is 345 cm³/mol. The second-order valence-electron chi connectivity index (χ2n) is 21.8. The first kappa shape index (κ1) is 50.6. The van der Waals surface area contributed by atoms with Crippen LogP contribution < -0.4 is 0 Å². The zero-order valence-electron chi connectivity index (χ0n) is 46.4. The zero-order valence-corrected chi connectivity index (χ0v) is 46.4. The third-order valence-electron chi connectivity index (χ3n) is 16.9. The van der Waals surface area contributed by atoms with E-state index in [9.17, 15) is 13.2 Å². The second-order valence-corrected chi connectivity index (χ2v) is 21.8. The lowest BCUT2D eigenvalue weighted by Crippen LogP contribution is -2.07. The first-order valence-corrected chi connectivity index (χ1v) is 28.7. The molecule has 0 atom stereocenters. The molecule has 408 valence electrons. The molecule has 0 amide bonds. The Labute approximate surface area is 492 Å². The molecule has 0 radical (unpaired) electrons. The average Bonchev–Trinajstić information content (AvgIpc) is 2.16. The van der Waals surface area contributed by atoms with Crippen LogP contribution in [0.4, 0.5) is 13.2 Å². The molecule has 9 heteroatoms. The molecule has 0 aliphatic rings. The van der Waals surface area contributed by atoms with Gasteiger partial charge in [0, 0.05) is 71.3 Å². The molecule has 4 aromatic heterocycles. The van der Waals surface area contributed by atoms with Crippen LogP contribution in [0.5, 0.6) is 0 Å². The molecule has 4 heterocycles. The molecule has 0 N–H and O–H groups in total. The van der Waals surface area contributed by atoms with Crippen LogP contribution in [0.1, 0.15) is 11.1 Å². The van der Waals surface area contributed by atoms with Crippen molar-refractivity contribution < 1.29 is 13.2 Å². The predicted octanol–water partition coefficient (Wildman–Crippen LogP) is 20.5. The van der Waals surface area contributed by atoms with E-state index in [1.165, 1.54) is 12.1 Å². The van der Waals surface area contributed by atoms with Crippen molar-refractivity contribution in [2.45, 2.75) is 13.1 Å². The highest BCUT2D eigenvalue weighted by atomic mass is 19.4. The lowest BCUT2D eigenvalue weighted by atomic mass is 9.90. The van der Waals surface area contributed by atoms with E-state index in [0.29, 0.717) is 23.0 Å². The van der Waals surface area contributed by atoms with Crippen molar-refractivity contribution in [2.75, 3.05) is 0 Å². The molecule has 0 bridgehead atoms. The summed E-state index contributed by atoms with van der Waals surface area (Å²) in [6.07, 6.45) is -4.47.